The van der Waals surface area contributed by atoms with Gasteiger partial charge in [0, 0.05) is 30.2 Å². The third-order valence-corrected chi connectivity index (χ3v) is 6.94. The first kappa shape index (κ1) is 18.1. The maximum atomic E-state index is 12.9. The first-order valence-corrected chi connectivity index (χ1v) is 10.3. The molecule has 1 atom stereocenters. The van der Waals surface area contributed by atoms with Gasteiger partial charge >= 0.3 is 0 Å². The van der Waals surface area contributed by atoms with E-state index >= 15 is 0 Å². The van der Waals surface area contributed by atoms with Crippen LogP contribution in [0.15, 0.2) is 70.8 Å². The fraction of sp³-hybridized carbons (Fsp3) is 0.200. The number of benzene rings is 1. The topological polar surface area (TPSA) is 109 Å². The minimum absolute atomic E-state index is 0.00209. The summed E-state index contributed by atoms with van der Waals surface area (Å²) in [5, 5.41) is 9.86. The summed E-state index contributed by atoms with van der Waals surface area (Å²) in [5.74, 6) is 0.194. The second kappa shape index (κ2) is 6.69. The Bertz CT molecular complexity index is 1130. The second-order valence-corrected chi connectivity index (χ2v) is 8.62. The SMILES string of the molecule is COc1ccc(N2C(N)=C(C#N)[C@H](c3ccncc3)C3=C2CCS3(=O)=O)cc1. The third kappa shape index (κ3) is 2.72. The molecular formula is C20H18N4O3S. The lowest BCUT2D eigenvalue weighted by atomic mass is 9.87. The summed E-state index contributed by atoms with van der Waals surface area (Å²) in [5.41, 5.74) is 8.61. The van der Waals surface area contributed by atoms with Crippen LogP contribution in [0.2, 0.25) is 0 Å². The first-order chi connectivity index (χ1) is 13.5. The van der Waals surface area contributed by atoms with E-state index in [1.54, 1.807) is 60.8 Å². The van der Waals surface area contributed by atoms with Gasteiger partial charge in [0.1, 0.15) is 11.6 Å². The van der Waals surface area contributed by atoms with Gasteiger partial charge < -0.3 is 10.5 Å². The maximum Gasteiger partial charge on any atom is 0.177 e. The third-order valence-electron chi connectivity index (χ3n) is 5.06. The molecule has 3 heterocycles. The quantitative estimate of drug-likeness (QED) is 0.851. The normalized spacial score (nSPS) is 20.7. The van der Waals surface area contributed by atoms with Crippen LogP contribution >= 0.6 is 0 Å². The number of nitrogens with two attached hydrogens (primary N) is 1. The molecule has 0 saturated carbocycles. The number of nitriles is 1. The molecule has 8 heteroatoms. The zero-order valence-corrected chi connectivity index (χ0v) is 16.0. The van der Waals surface area contributed by atoms with Gasteiger partial charge in [-0.05, 0) is 42.0 Å². The van der Waals surface area contributed by atoms with Crippen LogP contribution in [0, 0.1) is 11.3 Å². The molecule has 2 aliphatic rings. The van der Waals surface area contributed by atoms with Crippen molar-refractivity contribution in [2.45, 2.75) is 12.3 Å². The van der Waals surface area contributed by atoms with E-state index in [0.717, 1.165) is 0 Å². The molecule has 2 aromatic rings. The van der Waals surface area contributed by atoms with E-state index in [0.29, 0.717) is 29.1 Å². The van der Waals surface area contributed by atoms with Crippen molar-refractivity contribution in [3.8, 4) is 11.8 Å². The van der Waals surface area contributed by atoms with Crippen LogP contribution in [0.1, 0.15) is 17.9 Å². The van der Waals surface area contributed by atoms with Gasteiger partial charge in [0.15, 0.2) is 9.84 Å². The lowest BCUT2D eigenvalue weighted by Gasteiger charge is -2.35. The van der Waals surface area contributed by atoms with E-state index in [9.17, 15) is 13.7 Å². The Balaban J connectivity index is 1.96. The molecule has 0 amide bonds. The van der Waals surface area contributed by atoms with Gasteiger partial charge in [-0.2, -0.15) is 5.26 Å². The zero-order chi connectivity index (χ0) is 19.9. The number of sulfone groups is 1. The molecule has 0 bridgehead atoms. The fourth-order valence-electron chi connectivity index (χ4n) is 3.78. The number of ether oxygens (including phenoxy) is 1. The van der Waals surface area contributed by atoms with Crippen molar-refractivity contribution < 1.29 is 13.2 Å². The maximum absolute atomic E-state index is 12.9. The summed E-state index contributed by atoms with van der Waals surface area (Å²) in [6, 6.07) is 12.7. The number of anilines is 1. The molecule has 0 unspecified atom stereocenters. The van der Waals surface area contributed by atoms with Gasteiger partial charge in [-0.3, -0.25) is 9.88 Å². The summed E-state index contributed by atoms with van der Waals surface area (Å²) in [6.07, 6.45) is 3.50. The van der Waals surface area contributed by atoms with Gasteiger partial charge in [-0.15, -0.1) is 0 Å². The lowest BCUT2D eigenvalue weighted by Crippen LogP contribution is -2.34. The number of hydrogen-bond acceptors (Lipinski definition) is 7. The van der Waals surface area contributed by atoms with Crippen LogP contribution in [0.5, 0.6) is 5.75 Å². The summed E-state index contributed by atoms with van der Waals surface area (Å²) in [7, 11) is -1.94. The van der Waals surface area contributed by atoms with Gasteiger partial charge in [0.25, 0.3) is 0 Å². The summed E-state index contributed by atoms with van der Waals surface area (Å²) in [4.78, 5) is 5.92. The Morgan fingerprint density at radius 1 is 1.21 bits per heavy atom. The Morgan fingerprint density at radius 2 is 1.89 bits per heavy atom. The van der Waals surface area contributed by atoms with Gasteiger partial charge in [-0.1, -0.05) is 0 Å². The highest BCUT2D eigenvalue weighted by Gasteiger charge is 2.45. The average molecular weight is 394 g/mol. The molecule has 0 spiro atoms. The van der Waals surface area contributed by atoms with E-state index < -0.39 is 15.8 Å². The lowest BCUT2D eigenvalue weighted by molar-refractivity contribution is 0.415. The molecule has 7 nitrogen and oxygen atoms in total. The molecule has 4 rings (SSSR count). The summed E-state index contributed by atoms with van der Waals surface area (Å²) in [6.45, 7) is 0. The van der Waals surface area contributed by atoms with E-state index in [-0.39, 0.29) is 22.1 Å². The minimum atomic E-state index is -3.51. The molecule has 1 aromatic heterocycles. The van der Waals surface area contributed by atoms with E-state index in [2.05, 4.69) is 11.1 Å². The molecular weight excluding hydrogens is 376 g/mol. The van der Waals surface area contributed by atoms with Crippen molar-refractivity contribution in [2.24, 2.45) is 5.73 Å². The number of rotatable bonds is 3. The molecule has 28 heavy (non-hydrogen) atoms. The van der Waals surface area contributed by atoms with Crippen molar-refractivity contribution in [1.29, 1.82) is 5.26 Å². The van der Waals surface area contributed by atoms with Gasteiger partial charge in [-0.25, -0.2) is 8.42 Å². The average Bonchev–Trinajstić information content (AvgIpc) is 3.02. The summed E-state index contributed by atoms with van der Waals surface area (Å²) < 4.78 is 31.1. The number of methoxy groups -OCH3 is 1. The van der Waals surface area contributed by atoms with Crippen molar-refractivity contribution >= 4 is 15.5 Å². The Hall–Kier alpha value is -3.31. The highest BCUT2D eigenvalue weighted by atomic mass is 32.2. The number of aromatic nitrogens is 1. The number of pyridine rings is 1. The smallest absolute Gasteiger partial charge is 0.177 e. The van der Waals surface area contributed by atoms with Crippen molar-refractivity contribution in [1.82, 2.24) is 4.98 Å². The van der Waals surface area contributed by atoms with E-state index in [1.165, 1.54) is 0 Å². The molecule has 1 aromatic carbocycles. The molecule has 2 N–H and O–H groups in total. The van der Waals surface area contributed by atoms with Crippen LogP contribution in [0.4, 0.5) is 5.69 Å². The monoisotopic (exact) mass is 394 g/mol. The van der Waals surface area contributed by atoms with Crippen molar-refractivity contribution in [3.05, 3.63) is 76.4 Å². The molecule has 0 aliphatic carbocycles. The van der Waals surface area contributed by atoms with Crippen LogP contribution < -0.4 is 15.4 Å². The zero-order valence-electron chi connectivity index (χ0n) is 15.2. The minimum Gasteiger partial charge on any atom is -0.497 e. The highest BCUT2D eigenvalue weighted by molar-refractivity contribution is 7.95. The molecule has 0 saturated heterocycles. The second-order valence-electron chi connectivity index (χ2n) is 6.54. The van der Waals surface area contributed by atoms with E-state index in [4.69, 9.17) is 10.5 Å². The van der Waals surface area contributed by atoms with Gasteiger partial charge in [0.05, 0.1) is 35.3 Å². The van der Waals surface area contributed by atoms with E-state index in [1.807, 2.05) is 0 Å². The van der Waals surface area contributed by atoms with Crippen LogP contribution in [-0.2, 0) is 9.84 Å². The van der Waals surface area contributed by atoms with Crippen LogP contribution in [-0.4, -0.2) is 26.3 Å². The standard InChI is InChI=1S/C20H18N4O3S/c1-27-15-4-2-14(3-5-15)24-17-8-11-28(25,26)19(17)18(16(12-21)20(24)22)13-6-9-23-10-7-13/h2-7,9-10,18H,8,11,22H2,1H3/t18-/m0/s1. The van der Waals surface area contributed by atoms with Crippen molar-refractivity contribution in [2.75, 3.05) is 17.8 Å². The van der Waals surface area contributed by atoms with Crippen LogP contribution in [0.25, 0.3) is 0 Å². The van der Waals surface area contributed by atoms with Crippen LogP contribution in [0.3, 0.4) is 0 Å². The molecule has 2 aliphatic heterocycles. The first-order valence-electron chi connectivity index (χ1n) is 8.67. The molecule has 0 radical (unpaired) electrons. The predicted octanol–water partition coefficient (Wildman–Crippen LogP) is 2.42. The number of allylic oxidation sites excluding steroid dienone is 3. The van der Waals surface area contributed by atoms with Gasteiger partial charge in [0.2, 0.25) is 0 Å². The summed E-state index contributed by atoms with van der Waals surface area (Å²) >= 11 is 0. The highest BCUT2D eigenvalue weighted by Crippen LogP contribution is 2.48. The Kier molecular flexibility index (Phi) is 4.32. The Labute approximate surface area is 163 Å². The fourth-order valence-corrected chi connectivity index (χ4v) is 5.63. The van der Waals surface area contributed by atoms with Crippen molar-refractivity contribution in [3.63, 3.8) is 0 Å². The number of hydrogen-bond donors (Lipinski definition) is 1. The molecule has 0 fully saturated rings. The largest absolute Gasteiger partial charge is 0.497 e. The predicted molar refractivity (Wildman–Crippen MR) is 105 cm³/mol. The molecule has 142 valence electrons. The Morgan fingerprint density at radius 3 is 2.50 bits per heavy atom. The number of nitrogens with zero attached hydrogens (tertiary/aromatic N) is 3.